The number of pyridine rings is 1. The van der Waals surface area contributed by atoms with Crippen LogP contribution in [0.2, 0.25) is 5.15 Å². The second-order valence-corrected chi connectivity index (χ2v) is 4.41. The molecule has 1 heterocycles. The van der Waals surface area contributed by atoms with E-state index >= 15 is 0 Å². The fourth-order valence-corrected chi connectivity index (χ4v) is 1.95. The Balaban J connectivity index is 2.22. The molecular weight excluding hydrogens is 276 g/mol. The van der Waals surface area contributed by atoms with E-state index in [0.29, 0.717) is 18.4 Å². The molecule has 0 aliphatic heterocycles. The Morgan fingerprint density at radius 1 is 1.00 bits per heavy atom. The monoisotopic (exact) mass is 292 g/mol. The summed E-state index contributed by atoms with van der Waals surface area (Å²) in [6, 6.07) is 9.34. The molecule has 1 aromatic carbocycles. The smallest absolute Gasteiger partial charge is 0.163 e. The first kappa shape index (κ1) is 14.5. The normalized spacial score (nSPS) is 10.2. The van der Waals surface area contributed by atoms with E-state index in [0.717, 1.165) is 22.9 Å². The fourth-order valence-electron chi connectivity index (χ4n) is 1.78. The average Bonchev–Trinajstić information content (AvgIpc) is 2.42. The van der Waals surface area contributed by atoms with Crippen LogP contribution in [0.4, 0.5) is 11.4 Å². The van der Waals surface area contributed by atoms with Crippen LogP contribution < -0.4 is 14.8 Å². The Bertz CT molecular complexity index is 576. The maximum atomic E-state index is 5.86. The number of halogens is 1. The van der Waals surface area contributed by atoms with Crippen molar-refractivity contribution in [3.05, 3.63) is 41.7 Å². The van der Waals surface area contributed by atoms with E-state index in [-0.39, 0.29) is 0 Å². The molecule has 0 bridgehead atoms. The second kappa shape index (κ2) is 7.01. The molecule has 0 saturated carbocycles. The van der Waals surface area contributed by atoms with Crippen molar-refractivity contribution in [2.45, 2.75) is 13.8 Å². The van der Waals surface area contributed by atoms with Gasteiger partial charge in [-0.15, -0.1) is 0 Å². The Labute approximate surface area is 123 Å². The lowest BCUT2D eigenvalue weighted by atomic mass is 10.2. The van der Waals surface area contributed by atoms with Crippen molar-refractivity contribution in [2.75, 3.05) is 18.5 Å². The summed E-state index contributed by atoms with van der Waals surface area (Å²) in [6.07, 6.45) is 1.66. The van der Waals surface area contributed by atoms with E-state index in [1.165, 1.54) is 0 Å². The summed E-state index contributed by atoms with van der Waals surface area (Å²) in [5.74, 6) is 1.46. The number of nitrogens with one attached hydrogen (secondary N) is 1. The van der Waals surface area contributed by atoms with Gasteiger partial charge in [-0.1, -0.05) is 11.6 Å². The number of anilines is 2. The van der Waals surface area contributed by atoms with Gasteiger partial charge in [0, 0.05) is 23.6 Å². The molecule has 4 nitrogen and oxygen atoms in total. The van der Waals surface area contributed by atoms with Crippen LogP contribution in [0.5, 0.6) is 11.5 Å². The van der Waals surface area contributed by atoms with Crippen molar-refractivity contribution in [3.63, 3.8) is 0 Å². The maximum Gasteiger partial charge on any atom is 0.163 e. The van der Waals surface area contributed by atoms with E-state index in [2.05, 4.69) is 10.3 Å². The summed E-state index contributed by atoms with van der Waals surface area (Å²) in [7, 11) is 0. The number of hydrogen-bond acceptors (Lipinski definition) is 4. The minimum absolute atomic E-state index is 0.450. The van der Waals surface area contributed by atoms with E-state index in [9.17, 15) is 0 Å². The van der Waals surface area contributed by atoms with Gasteiger partial charge in [-0.05, 0) is 38.1 Å². The molecule has 1 aromatic heterocycles. The molecule has 1 N–H and O–H groups in total. The number of rotatable bonds is 6. The predicted octanol–water partition coefficient (Wildman–Crippen LogP) is 4.28. The van der Waals surface area contributed by atoms with Gasteiger partial charge in [0.2, 0.25) is 0 Å². The van der Waals surface area contributed by atoms with Crippen LogP contribution in [0, 0.1) is 0 Å². The molecule has 0 aliphatic carbocycles. The Kier molecular flexibility index (Phi) is 5.07. The van der Waals surface area contributed by atoms with Crippen LogP contribution in [0.15, 0.2) is 36.5 Å². The standard InChI is InChI=1S/C15H17ClN2O2/c1-3-19-13-6-5-11(9-14(13)20-4-2)18-12-7-8-17-15(16)10-12/h5-10H,3-4H2,1-2H3,(H,17,18). The molecule has 0 radical (unpaired) electrons. The zero-order valence-corrected chi connectivity index (χ0v) is 12.3. The number of benzene rings is 1. The van der Waals surface area contributed by atoms with E-state index in [4.69, 9.17) is 21.1 Å². The molecule has 0 saturated heterocycles. The lowest BCUT2D eigenvalue weighted by Crippen LogP contribution is -1.99. The molecule has 5 heteroatoms. The van der Waals surface area contributed by atoms with Crippen molar-refractivity contribution in [2.24, 2.45) is 0 Å². The van der Waals surface area contributed by atoms with E-state index in [1.807, 2.05) is 38.1 Å². The lowest BCUT2D eigenvalue weighted by molar-refractivity contribution is 0.288. The van der Waals surface area contributed by atoms with Crippen molar-refractivity contribution in [1.82, 2.24) is 4.98 Å². The molecule has 106 valence electrons. The molecular formula is C15H17ClN2O2. The first-order valence-electron chi connectivity index (χ1n) is 6.51. The van der Waals surface area contributed by atoms with Gasteiger partial charge in [0.15, 0.2) is 11.5 Å². The Morgan fingerprint density at radius 3 is 2.40 bits per heavy atom. The van der Waals surface area contributed by atoms with Crippen molar-refractivity contribution < 1.29 is 9.47 Å². The molecule has 0 spiro atoms. The minimum Gasteiger partial charge on any atom is -0.490 e. The highest BCUT2D eigenvalue weighted by molar-refractivity contribution is 6.29. The van der Waals surface area contributed by atoms with Crippen LogP contribution in [0.25, 0.3) is 0 Å². The predicted molar refractivity (Wildman–Crippen MR) is 81.3 cm³/mol. The summed E-state index contributed by atoms with van der Waals surface area (Å²) >= 11 is 5.86. The number of ether oxygens (including phenoxy) is 2. The quantitative estimate of drug-likeness (QED) is 0.807. The van der Waals surface area contributed by atoms with Crippen LogP contribution >= 0.6 is 11.6 Å². The van der Waals surface area contributed by atoms with Crippen LogP contribution in [0.3, 0.4) is 0 Å². The third-order valence-corrected chi connectivity index (χ3v) is 2.77. The Morgan fingerprint density at radius 2 is 1.70 bits per heavy atom. The first-order valence-corrected chi connectivity index (χ1v) is 6.89. The van der Waals surface area contributed by atoms with Crippen LogP contribution in [-0.2, 0) is 0 Å². The minimum atomic E-state index is 0.450. The third-order valence-electron chi connectivity index (χ3n) is 2.56. The van der Waals surface area contributed by atoms with Gasteiger partial charge in [-0.3, -0.25) is 0 Å². The van der Waals surface area contributed by atoms with E-state index < -0.39 is 0 Å². The van der Waals surface area contributed by atoms with Gasteiger partial charge >= 0.3 is 0 Å². The van der Waals surface area contributed by atoms with Crippen LogP contribution in [-0.4, -0.2) is 18.2 Å². The molecule has 0 amide bonds. The summed E-state index contributed by atoms with van der Waals surface area (Å²) in [6.45, 7) is 5.08. The molecule has 0 fully saturated rings. The molecule has 0 atom stereocenters. The van der Waals surface area contributed by atoms with Gasteiger partial charge in [-0.2, -0.15) is 0 Å². The first-order chi connectivity index (χ1) is 9.72. The van der Waals surface area contributed by atoms with Gasteiger partial charge in [0.25, 0.3) is 0 Å². The highest BCUT2D eigenvalue weighted by Gasteiger charge is 2.06. The summed E-state index contributed by atoms with van der Waals surface area (Å²) in [5, 5.41) is 3.70. The highest BCUT2D eigenvalue weighted by Crippen LogP contribution is 2.32. The molecule has 0 aliphatic rings. The summed E-state index contributed by atoms with van der Waals surface area (Å²) in [4.78, 5) is 3.95. The SMILES string of the molecule is CCOc1ccc(Nc2ccnc(Cl)c2)cc1OCC. The van der Waals surface area contributed by atoms with Gasteiger partial charge in [0.05, 0.1) is 13.2 Å². The van der Waals surface area contributed by atoms with Gasteiger partial charge in [0.1, 0.15) is 5.15 Å². The molecule has 20 heavy (non-hydrogen) atoms. The summed E-state index contributed by atoms with van der Waals surface area (Å²) in [5.41, 5.74) is 1.77. The molecule has 0 unspecified atom stereocenters. The topological polar surface area (TPSA) is 43.4 Å². The zero-order valence-electron chi connectivity index (χ0n) is 11.5. The number of nitrogens with zero attached hydrogens (tertiary/aromatic N) is 1. The number of aromatic nitrogens is 1. The fraction of sp³-hybridized carbons (Fsp3) is 0.267. The maximum absolute atomic E-state index is 5.86. The largest absolute Gasteiger partial charge is 0.490 e. The van der Waals surface area contributed by atoms with Crippen LogP contribution in [0.1, 0.15) is 13.8 Å². The van der Waals surface area contributed by atoms with Crippen molar-refractivity contribution in [3.8, 4) is 11.5 Å². The zero-order chi connectivity index (χ0) is 14.4. The lowest BCUT2D eigenvalue weighted by Gasteiger charge is -2.13. The van der Waals surface area contributed by atoms with Crippen molar-refractivity contribution >= 4 is 23.0 Å². The molecule has 2 aromatic rings. The van der Waals surface area contributed by atoms with E-state index in [1.54, 1.807) is 12.3 Å². The number of hydrogen-bond donors (Lipinski definition) is 1. The highest BCUT2D eigenvalue weighted by atomic mass is 35.5. The molecule has 2 rings (SSSR count). The van der Waals surface area contributed by atoms with Gasteiger partial charge < -0.3 is 14.8 Å². The van der Waals surface area contributed by atoms with Gasteiger partial charge in [-0.25, -0.2) is 4.98 Å². The Hall–Kier alpha value is -1.94. The second-order valence-electron chi connectivity index (χ2n) is 4.02. The summed E-state index contributed by atoms with van der Waals surface area (Å²) < 4.78 is 11.1. The average molecular weight is 293 g/mol. The van der Waals surface area contributed by atoms with Crippen molar-refractivity contribution in [1.29, 1.82) is 0 Å². The third kappa shape index (κ3) is 3.78.